The van der Waals surface area contributed by atoms with Crippen LogP contribution in [0.25, 0.3) is 0 Å². The van der Waals surface area contributed by atoms with E-state index in [-0.39, 0.29) is 29.9 Å². The van der Waals surface area contributed by atoms with E-state index in [0.29, 0.717) is 24.6 Å². The SMILES string of the molecule is CCc1ccc(NC(N)=NCCNC(=O)c2ccc(Br)cc2)cc1.I. The number of hydrogen-bond donors (Lipinski definition) is 3. The van der Waals surface area contributed by atoms with Crippen molar-refractivity contribution in [1.29, 1.82) is 0 Å². The van der Waals surface area contributed by atoms with E-state index in [9.17, 15) is 4.79 Å². The Kier molecular flexibility index (Phi) is 9.51. The third-order valence-corrected chi connectivity index (χ3v) is 3.95. The molecule has 0 saturated heterocycles. The second kappa shape index (κ2) is 11.1. The summed E-state index contributed by atoms with van der Waals surface area (Å²) in [6.45, 7) is 2.95. The number of nitrogens with one attached hydrogen (secondary N) is 2. The van der Waals surface area contributed by atoms with E-state index in [4.69, 9.17) is 5.73 Å². The standard InChI is InChI=1S/C18H21BrN4O.HI/c1-2-13-3-9-16(10-4-13)23-18(20)22-12-11-21-17(24)14-5-7-15(19)8-6-14;/h3-10H,2,11-12H2,1H3,(H,21,24)(H3,20,22,23);1H. The van der Waals surface area contributed by atoms with Gasteiger partial charge in [-0.2, -0.15) is 0 Å². The number of benzene rings is 2. The van der Waals surface area contributed by atoms with Crippen LogP contribution in [0.1, 0.15) is 22.8 Å². The van der Waals surface area contributed by atoms with Gasteiger partial charge in [-0.1, -0.05) is 35.0 Å². The Labute approximate surface area is 173 Å². The fourth-order valence-corrected chi connectivity index (χ4v) is 2.32. The highest BCUT2D eigenvalue weighted by Gasteiger charge is 2.03. The Balaban J connectivity index is 0.00000312. The molecule has 0 bridgehead atoms. The smallest absolute Gasteiger partial charge is 0.251 e. The summed E-state index contributed by atoms with van der Waals surface area (Å²) in [5.41, 5.74) is 8.62. The number of nitrogens with zero attached hydrogens (tertiary/aromatic N) is 1. The summed E-state index contributed by atoms with van der Waals surface area (Å²) in [4.78, 5) is 16.1. The molecule has 134 valence electrons. The third kappa shape index (κ3) is 7.43. The van der Waals surface area contributed by atoms with Gasteiger partial charge >= 0.3 is 0 Å². The van der Waals surface area contributed by atoms with E-state index >= 15 is 0 Å². The lowest BCUT2D eigenvalue weighted by atomic mass is 10.1. The predicted molar refractivity (Wildman–Crippen MR) is 118 cm³/mol. The number of aliphatic imine (C=N–C) groups is 1. The zero-order valence-corrected chi connectivity index (χ0v) is 17.9. The number of halogens is 2. The largest absolute Gasteiger partial charge is 0.370 e. The average Bonchev–Trinajstić information content (AvgIpc) is 2.60. The first kappa shape index (κ1) is 21.4. The first-order chi connectivity index (χ1) is 11.6. The quantitative estimate of drug-likeness (QED) is 0.236. The minimum atomic E-state index is -0.126. The summed E-state index contributed by atoms with van der Waals surface area (Å²) in [6, 6.07) is 15.2. The number of rotatable bonds is 6. The van der Waals surface area contributed by atoms with Crippen LogP contribution >= 0.6 is 39.9 Å². The molecular weight excluding hydrogens is 495 g/mol. The van der Waals surface area contributed by atoms with E-state index in [2.05, 4.69) is 38.5 Å². The maximum atomic E-state index is 11.9. The number of anilines is 1. The molecule has 0 unspecified atom stereocenters. The van der Waals surface area contributed by atoms with Gasteiger partial charge in [-0.25, -0.2) is 0 Å². The average molecular weight is 517 g/mol. The van der Waals surface area contributed by atoms with Crippen LogP contribution in [0.5, 0.6) is 0 Å². The highest BCUT2D eigenvalue weighted by atomic mass is 127. The normalized spacial score (nSPS) is 10.7. The van der Waals surface area contributed by atoms with Gasteiger partial charge in [0.05, 0.1) is 6.54 Å². The van der Waals surface area contributed by atoms with E-state index in [1.807, 2.05) is 36.4 Å². The van der Waals surface area contributed by atoms with E-state index < -0.39 is 0 Å². The monoisotopic (exact) mass is 516 g/mol. The minimum Gasteiger partial charge on any atom is -0.370 e. The molecular formula is C18H22BrIN4O. The van der Waals surface area contributed by atoms with Crippen LogP contribution in [0.4, 0.5) is 5.69 Å². The molecule has 0 aliphatic rings. The fraction of sp³-hybridized carbons (Fsp3) is 0.222. The van der Waals surface area contributed by atoms with Crippen molar-refractivity contribution in [1.82, 2.24) is 5.32 Å². The van der Waals surface area contributed by atoms with Crippen LogP contribution in [0.2, 0.25) is 0 Å². The van der Waals surface area contributed by atoms with Crippen LogP contribution in [-0.4, -0.2) is 25.0 Å². The lowest BCUT2D eigenvalue weighted by molar-refractivity contribution is 0.0955. The first-order valence-corrected chi connectivity index (χ1v) is 8.57. The van der Waals surface area contributed by atoms with Crippen LogP contribution in [0.3, 0.4) is 0 Å². The van der Waals surface area contributed by atoms with Crippen LogP contribution < -0.4 is 16.4 Å². The molecule has 0 spiro atoms. The molecule has 4 N–H and O–H groups in total. The molecule has 5 nitrogen and oxygen atoms in total. The minimum absolute atomic E-state index is 0. The van der Waals surface area contributed by atoms with Gasteiger partial charge < -0.3 is 16.4 Å². The Morgan fingerprint density at radius 1 is 1.12 bits per heavy atom. The van der Waals surface area contributed by atoms with Crippen molar-refractivity contribution in [3.63, 3.8) is 0 Å². The van der Waals surface area contributed by atoms with Crippen molar-refractivity contribution in [2.45, 2.75) is 13.3 Å². The molecule has 0 aromatic heterocycles. The fourth-order valence-electron chi connectivity index (χ4n) is 2.06. The van der Waals surface area contributed by atoms with Gasteiger partial charge in [-0.05, 0) is 48.4 Å². The number of carbonyl (C=O) groups is 1. The van der Waals surface area contributed by atoms with Gasteiger partial charge in [-0.3, -0.25) is 9.79 Å². The van der Waals surface area contributed by atoms with Crippen molar-refractivity contribution in [3.05, 3.63) is 64.1 Å². The molecule has 2 aromatic rings. The van der Waals surface area contributed by atoms with E-state index in [1.54, 1.807) is 12.1 Å². The van der Waals surface area contributed by atoms with Gasteiger partial charge in [-0.15, -0.1) is 24.0 Å². The summed E-state index contributed by atoms with van der Waals surface area (Å²) in [5, 5.41) is 5.84. The number of guanidine groups is 1. The van der Waals surface area contributed by atoms with Gasteiger partial charge in [0, 0.05) is 22.3 Å². The van der Waals surface area contributed by atoms with Crippen LogP contribution in [-0.2, 0) is 6.42 Å². The van der Waals surface area contributed by atoms with Crippen molar-refractivity contribution >= 4 is 57.5 Å². The first-order valence-electron chi connectivity index (χ1n) is 7.78. The molecule has 2 rings (SSSR count). The Morgan fingerprint density at radius 2 is 1.76 bits per heavy atom. The molecule has 0 atom stereocenters. The van der Waals surface area contributed by atoms with E-state index in [1.165, 1.54) is 5.56 Å². The third-order valence-electron chi connectivity index (χ3n) is 3.42. The topological polar surface area (TPSA) is 79.5 Å². The highest BCUT2D eigenvalue weighted by Crippen LogP contribution is 2.10. The maximum Gasteiger partial charge on any atom is 0.251 e. The lowest BCUT2D eigenvalue weighted by Gasteiger charge is -2.07. The zero-order chi connectivity index (χ0) is 17.4. The Bertz CT molecular complexity index is 702. The number of carbonyl (C=O) groups excluding carboxylic acids is 1. The highest BCUT2D eigenvalue weighted by molar-refractivity contribution is 14.0. The summed E-state index contributed by atoms with van der Waals surface area (Å²) in [7, 11) is 0. The second-order valence-corrected chi connectivity index (χ2v) is 6.12. The Morgan fingerprint density at radius 3 is 2.36 bits per heavy atom. The zero-order valence-electron chi connectivity index (χ0n) is 14.0. The van der Waals surface area contributed by atoms with Crippen LogP contribution in [0.15, 0.2) is 58.0 Å². The van der Waals surface area contributed by atoms with Crippen molar-refractivity contribution < 1.29 is 4.79 Å². The molecule has 0 saturated carbocycles. The molecule has 1 amide bonds. The summed E-state index contributed by atoms with van der Waals surface area (Å²) in [5.74, 6) is 0.205. The van der Waals surface area contributed by atoms with Crippen molar-refractivity contribution in [3.8, 4) is 0 Å². The maximum absolute atomic E-state index is 11.9. The van der Waals surface area contributed by atoms with Crippen molar-refractivity contribution in [2.24, 2.45) is 10.7 Å². The molecule has 0 radical (unpaired) electrons. The Hall–Kier alpha value is -1.61. The van der Waals surface area contributed by atoms with E-state index in [0.717, 1.165) is 16.6 Å². The number of aryl methyl sites for hydroxylation is 1. The number of amides is 1. The van der Waals surface area contributed by atoms with Crippen LogP contribution in [0, 0.1) is 0 Å². The van der Waals surface area contributed by atoms with Crippen molar-refractivity contribution in [2.75, 3.05) is 18.4 Å². The van der Waals surface area contributed by atoms with Gasteiger partial charge in [0.15, 0.2) is 5.96 Å². The molecule has 0 fully saturated rings. The lowest BCUT2D eigenvalue weighted by Crippen LogP contribution is -2.28. The molecule has 25 heavy (non-hydrogen) atoms. The van der Waals surface area contributed by atoms with Gasteiger partial charge in [0.1, 0.15) is 0 Å². The van der Waals surface area contributed by atoms with Gasteiger partial charge in [0.25, 0.3) is 5.91 Å². The molecule has 0 heterocycles. The summed E-state index contributed by atoms with van der Waals surface area (Å²) in [6.07, 6.45) is 1.00. The molecule has 2 aromatic carbocycles. The number of nitrogens with two attached hydrogens (primary N) is 1. The summed E-state index contributed by atoms with van der Waals surface area (Å²) >= 11 is 3.34. The molecule has 0 aliphatic carbocycles. The predicted octanol–water partition coefficient (Wildman–Crippen LogP) is 3.79. The van der Waals surface area contributed by atoms with Gasteiger partial charge in [0.2, 0.25) is 0 Å². The summed E-state index contributed by atoms with van der Waals surface area (Å²) < 4.78 is 0.939. The molecule has 7 heteroatoms. The number of hydrogen-bond acceptors (Lipinski definition) is 2. The second-order valence-electron chi connectivity index (χ2n) is 5.21. The molecule has 0 aliphatic heterocycles.